The number of hydrogen-bond donors (Lipinski definition) is 3. The lowest BCUT2D eigenvalue weighted by Crippen LogP contribution is -2.48. The van der Waals surface area contributed by atoms with Crippen LogP contribution in [0.2, 0.25) is 0 Å². The molecule has 3 atom stereocenters. The summed E-state index contributed by atoms with van der Waals surface area (Å²) in [5.41, 5.74) is 4.56. The summed E-state index contributed by atoms with van der Waals surface area (Å²) in [6, 6.07) is 15.1. The second kappa shape index (κ2) is 11.1. The van der Waals surface area contributed by atoms with E-state index in [1.54, 1.807) is 6.92 Å². The number of carbonyl (C=O) groups excluding carboxylic acids is 2. The average molecular weight is 477 g/mol. The maximum Gasteiger partial charge on any atom is 0.407 e. The fourth-order valence-electron chi connectivity index (χ4n) is 4.65. The molecule has 8 nitrogen and oxygen atoms in total. The van der Waals surface area contributed by atoms with Crippen LogP contribution in [0.25, 0.3) is 11.1 Å². The van der Waals surface area contributed by atoms with Gasteiger partial charge in [-0.2, -0.15) is 0 Å². The Morgan fingerprint density at radius 1 is 1.11 bits per heavy atom. The van der Waals surface area contributed by atoms with Gasteiger partial charge in [-0.15, -0.1) is 11.8 Å². The molecule has 1 aliphatic heterocycles. The first-order valence-electron chi connectivity index (χ1n) is 11.6. The van der Waals surface area contributed by atoms with Crippen LogP contribution in [0, 0.1) is 17.8 Å². The molecule has 2 aliphatic rings. The molecule has 2 aromatic rings. The van der Waals surface area contributed by atoms with Crippen LogP contribution in [0.3, 0.4) is 0 Å². The van der Waals surface area contributed by atoms with E-state index in [9.17, 15) is 19.5 Å². The summed E-state index contributed by atoms with van der Waals surface area (Å²) >= 11 is 0. The standard InChI is InChI=1S/C27H28N2O6/c1-2-3-12-23(26(31)32)29-25(30)24-17(13-14-34-24)15-28-27(33)35-16-22-20-10-6-4-8-18(20)19-9-5-7-11-21(19)22/h4-11,17,22-24H,12-16H2,1H3,(H,28,33)(H,29,30)(H,31,32)/t17-,23?,24-/m0/s1. The molecule has 0 bridgehead atoms. The van der Waals surface area contributed by atoms with Gasteiger partial charge in [0.2, 0.25) is 5.91 Å². The van der Waals surface area contributed by atoms with Crippen LogP contribution in [-0.2, 0) is 19.1 Å². The lowest BCUT2D eigenvalue weighted by atomic mass is 9.98. The summed E-state index contributed by atoms with van der Waals surface area (Å²) < 4.78 is 11.1. The number of carboxylic acids is 1. The van der Waals surface area contributed by atoms with E-state index >= 15 is 0 Å². The molecule has 0 radical (unpaired) electrons. The van der Waals surface area contributed by atoms with Gasteiger partial charge in [-0.25, -0.2) is 9.59 Å². The predicted molar refractivity (Wildman–Crippen MR) is 129 cm³/mol. The second-order valence-corrected chi connectivity index (χ2v) is 8.58. The number of alkyl carbamates (subject to hydrolysis) is 1. The van der Waals surface area contributed by atoms with Crippen molar-refractivity contribution in [2.24, 2.45) is 5.92 Å². The predicted octanol–water partition coefficient (Wildman–Crippen LogP) is 2.91. The molecule has 0 saturated carbocycles. The number of amides is 2. The van der Waals surface area contributed by atoms with Gasteiger partial charge < -0.3 is 25.2 Å². The van der Waals surface area contributed by atoms with Gasteiger partial charge in [-0.05, 0) is 35.6 Å². The summed E-state index contributed by atoms with van der Waals surface area (Å²) in [6.45, 7) is 2.33. The van der Waals surface area contributed by atoms with E-state index < -0.39 is 30.1 Å². The number of nitrogens with one attached hydrogen (secondary N) is 2. The largest absolute Gasteiger partial charge is 0.480 e. The molecular formula is C27H28N2O6. The van der Waals surface area contributed by atoms with Gasteiger partial charge >= 0.3 is 12.1 Å². The van der Waals surface area contributed by atoms with Crippen molar-refractivity contribution in [3.05, 3.63) is 59.7 Å². The molecule has 2 aromatic carbocycles. The number of aliphatic carboxylic acids is 1. The molecule has 1 aliphatic carbocycles. The Morgan fingerprint density at radius 2 is 1.77 bits per heavy atom. The van der Waals surface area contributed by atoms with Crippen molar-refractivity contribution in [3.63, 3.8) is 0 Å². The van der Waals surface area contributed by atoms with E-state index in [2.05, 4.69) is 46.7 Å². The molecule has 4 rings (SSSR count). The zero-order valence-corrected chi connectivity index (χ0v) is 19.5. The summed E-state index contributed by atoms with van der Waals surface area (Å²) in [5.74, 6) is 3.28. The molecule has 1 saturated heterocycles. The molecule has 1 unspecified atom stereocenters. The highest BCUT2D eigenvalue weighted by Crippen LogP contribution is 2.44. The Balaban J connectivity index is 1.30. The lowest BCUT2D eigenvalue weighted by molar-refractivity contribution is -0.143. The molecule has 35 heavy (non-hydrogen) atoms. The highest BCUT2D eigenvalue weighted by molar-refractivity contribution is 5.87. The lowest BCUT2D eigenvalue weighted by Gasteiger charge is -2.21. The summed E-state index contributed by atoms with van der Waals surface area (Å²) in [6.07, 6.45) is -0.846. The molecule has 0 aromatic heterocycles. The number of carboxylic acid groups (broad SMARTS) is 1. The van der Waals surface area contributed by atoms with Crippen LogP contribution in [-0.4, -0.2) is 55.0 Å². The van der Waals surface area contributed by atoms with Crippen LogP contribution in [0.1, 0.15) is 36.8 Å². The average Bonchev–Trinajstić information content (AvgIpc) is 3.46. The zero-order valence-electron chi connectivity index (χ0n) is 19.5. The van der Waals surface area contributed by atoms with E-state index in [1.807, 2.05) is 24.3 Å². The van der Waals surface area contributed by atoms with E-state index in [-0.39, 0.29) is 31.4 Å². The molecule has 182 valence electrons. The monoisotopic (exact) mass is 476 g/mol. The smallest absolute Gasteiger partial charge is 0.407 e. The quantitative estimate of drug-likeness (QED) is 0.505. The molecule has 1 fully saturated rings. The summed E-state index contributed by atoms with van der Waals surface area (Å²) in [4.78, 5) is 36.5. The Kier molecular flexibility index (Phi) is 7.68. The van der Waals surface area contributed by atoms with Crippen molar-refractivity contribution < 1.29 is 29.0 Å². The van der Waals surface area contributed by atoms with Gasteiger partial charge in [-0.1, -0.05) is 48.5 Å². The van der Waals surface area contributed by atoms with E-state index in [4.69, 9.17) is 9.47 Å². The van der Waals surface area contributed by atoms with E-state index in [1.165, 1.54) is 0 Å². The zero-order chi connectivity index (χ0) is 24.8. The highest BCUT2D eigenvalue weighted by Gasteiger charge is 2.36. The Morgan fingerprint density at radius 3 is 2.40 bits per heavy atom. The maximum atomic E-state index is 12.6. The number of fused-ring (bicyclic) bond motifs is 3. The third-order valence-corrected chi connectivity index (χ3v) is 6.42. The third kappa shape index (κ3) is 5.47. The number of ether oxygens (including phenoxy) is 2. The van der Waals surface area contributed by atoms with Crippen LogP contribution in [0.15, 0.2) is 48.5 Å². The van der Waals surface area contributed by atoms with Crippen molar-refractivity contribution in [2.75, 3.05) is 19.8 Å². The van der Waals surface area contributed by atoms with Crippen molar-refractivity contribution >= 4 is 18.0 Å². The summed E-state index contributed by atoms with van der Waals surface area (Å²) in [7, 11) is 0. The SMILES string of the molecule is CC#CCC(NC(=O)[C@H]1OCC[C@H]1CNC(=O)OCC1c2ccccc2-c2ccccc21)C(=O)O. The normalized spacial score (nSPS) is 19.0. The molecule has 8 heteroatoms. The van der Waals surface area contributed by atoms with Crippen molar-refractivity contribution in [1.82, 2.24) is 10.6 Å². The Labute approximate surface area is 204 Å². The minimum absolute atomic E-state index is 0.00690. The van der Waals surface area contributed by atoms with Gasteiger partial charge in [0, 0.05) is 31.4 Å². The number of hydrogen-bond acceptors (Lipinski definition) is 5. The topological polar surface area (TPSA) is 114 Å². The molecule has 1 heterocycles. The molecular weight excluding hydrogens is 448 g/mol. The third-order valence-electron chi connectivity index (χ3n) is 6.42. The van der Waals surface area contributed by atoms with Crippen molar-refractivity contribution in [2.45, 2.75) is 37.8 Å². The van der Waals surface area contributed by atoms with Gasteiger partial charge in [0.05, 0.1) is 0 Å². The Bertz CT molecular complexity index is 1120. The number of benzene rings is 2. The van der Waals surface area contributed by atoms with Crippen LogP contribution in [0.4, 0.5) is 4.79 Å². The van der Waals surface area contributed by atoms with Gasteiger partial charge in [0.15, 0.2) is 0 Å². The minimum atomic E-state index is -1.16. The van der Waals surface area contributed by atoms with Gasteiger partial charge in [-0.3, -0.25) is 4.79 Å². The van der Waals surface area contributed by atoms with E-state index in [0.29, 0.717) is 13.0 Å². The summed E-state index contributed by atoms with van der Waals surface area (Å²) in [5, 5.41) is 14.5. The fraction of sp³-hybridized carbons (Fsp3) is 0.370. The van der Waals surface area contributed by atoms with Crippen LogP contribution >= 0.6 is 0 Å². The first-order valence-corrected chi connectivity index (χ1v) is 11.6. The fourth-order valence-corrected chi connectivity index (χ4v) is 4.65. The van der Waals surface area contributed by atoms with Gasteiger partial charge in [0.25, 0.3) is 0 Å². The Hall–Kier alpha value is -3.83. The maximum absolute atomic E-state index is 12.6. The van der Waals surface area contributed by atoms with Crippen LogP contribution < -0.4 is 10.6 Å². The molecule has 3 N–H and O–H groups in total. The van der Waals surface area contributed by atoms with Crippen molar-refractivity contribution in [3.8, 4) is 23.0 Å². The van der Waals surface area contributed by atoms with Crippen molar-refractivity contribution in [1.29, 1.82) is 0 Å². The minimum Gasteiger partial charge on any atom is -0.480 e. The van der Waals surface area contributed by atoms with E-state index in [0.717, 1.165) is 22.3 Å². The molecule has 2 amide bonds. The van der Waals surface area contributed by atoms with Gasteiger partial charge in [0.1, 0.15) is 18.8 Å². The number of carbonyl (C=O) groups is 3. The highest BCUT2D eigenvalue weighted by atomic mass is 16.5. The first-order chi connectivity index (χ1) is 17.0. The first kappa shape index (κ1) is 24.3. The van der Waals surface area contributed by atoms with Crippen LogP contribution in [0.5, 0.6) is 0 Å². The molecule has 0 spiro atoms. The number of rotatable bonds is 8. The second-order valence-electron chi connectivity index (χ2n) is 8.58.